The third kappa shape index (κ3) is 3.69. The summed E-state index contributed by atoms with van der Waals surface area (Å²) in [5.74, 6) is 0.894. The Morgan fingerprint density at radius 3 is 2.71 bits per heavy atom. The molecular formula is C16H23ClN2O2. The molecule has 1 aromatic rings. The largest absolute Gasteiger partial charge is 0.484 e. The lowest BCUT2D eigenvalue weighted by molar-refractivity contribution is -0.136. The molecule has 0 spiro atoms. The predicted molar refractivity (Wildman–Crippen MR) is 85.1 cm³/mol. The van der Waals surface area contributed by atoms with Crippen molar-refractivity contribution in [2.75, 3.05) is 19.7 Å². The van der Waals surface area contributed by atoms with Crippen molar-refractivity contribution in [2.45, 2.75) is 38.3 Å². The molecule has 0 radical (unpaired) electrons. The van der Waals surface area contributed by atoms with Crippen LogP contribution in [0.2, 0.25) is 0 Å². The average Bonchev–Trinajstić information content (AvgIpc) is 2.71. The lowest BCUT2D eigenvalue weighted by atomic mass is 10.1. The van der Waals surface area contributed by atoms with E-state index in [2.05, 4.69) is 10.2 Å². The van der Waals surface area contributed by atoms with Crippen LogP contribution in [0.3, 0.4) is 0 Å². The highest BCUT2D eigenvalue weighted by molar-refractivity contribution is 5.85. The van der Waals surface area contributed by atoms with E-state index in [0.717, 1.165) is 38.1 Å². The van der Waals surface area contributed by atoms with Crippen LogP contribution in [0, 0.1) is 6.92 Å². The summed E-state index contributed by atoms with van der Waals surface area (Å²) in [6.07, 6.45) is 3.32. The van der Waals surface area contributed by atoms with Gasteiger partial charge in [-0.2, -0.15) is 0 Å². The zero-order valence-electron chi connectivity index (χ0n) is 12.4. The van der Waals surface area contributed by atoms with Crippen molar-refractivity contribution in [1.82, 2.24) is 10.2 Å². The van der Waals surface area contributed by atoms with Crippen LogP contribution in [-0.4, -0.2) is 42.6 Å². The summed E-state index contributed by atoms with van der Waals surface area (Å²) in [4.78, 5) is 14.5. The molecule has 1 N–H and O–H groups in total. The smallest absolute Gasteiger partial charge is 0.261 e. The first-order valence-electron chi connectivity index (χ1n) is 7.45. The molecule has 2 heterocycles. The van der Waals surface area contributed by atoms with E-state index in [-0.39, 0.29) is 24.9 Å². The molecule has 2 aliphatic heterocycles. The fourth-order valence-electron chi connectivity index (χ4n) is 3.24. The lowest BCUT2D eigenvalue weighted by Crippen LogP contribution is -2.44. The first-order chi connectivity index (χ1) is 9.74. The van der Waals surface area contributed by atoms with Gasteiger partial charge in [-0.3, -0.25) is 4.79 Å². The van der Waals surface area contributed by atoms with Gasteiger partial charge in [0, 0.05) is 18.6 Å². The van der Waals surface area contributed by atoms with Crippen LogP contribution >= 0.6 is 12.4 Å². The second-order valence-electron chi connectivity index (χ2n) is 5.78. The van der Waals surface area contributed by atoms with Gasteiger partial charge in [-0.05, 0) is 44.9 Å². The number of fused-ring (bicyclic) bond motifs is 2. The Bertz CT molecular complexity index is 464. The quantitative estimate of drug-likeness (QED) is 0.930. The average molecular weight is 311 g/mol. The van der Waals surface area contributed by atoms with Crippen molar-refractivity contribution < 1.29 is 9.53 Å². The number of hydrogen-bond acceptors (Lipinski definition) is 3. The van der Waals surface area contributed by atoms with Crippen LogP contribution in [0.4, 0.5) is 0 Å². The van der Waals surface area contributed by atoms with Gasteiger partial charge in [0.05, 0.1) is 0 Å². The first kappa shape index (κ1) is 16.1. The minimum atomic E-state index is 0. The predicted octanol–water partition coefficient (Wildman–Crippen LogP) is 2.15. The Morgan fingerprint density at radius 2 is 1.95 bits per heavy atom. The minimum absolute atomic E-state index is 0. The number of benzene rings is 1. The molecule has 0 aromatic heterocycles. The van der Waals surface area contributed by atoms with Gasteiger partial charge in [-0.1, -0.05) is 17.7 Å². The molecule has 2 atom stereocenters. The zero-order chi connectivity index (χ0) is 13.9. The van der Waals surface area contributed by atoms with Crippen molar-refractivity contribution in [1.29, 1.82) is 0 Å². The fourth-order valence-corrected chi connectivity index (χ4v) is 3.24. The van der Waals surface area contributed by atoms with Crippen molar-refractivity contribution in [3.63, 3.8) is 0 Å². The lowest BCUT2D eigenvalue weighted by Gasteiger charge is -2.27. The van der Waals surface area contributed by atoms with Crippen molar-refractivity contribution in [3.8, 4) is 5.75 Å². The molecule has 2 aliphatic rings. The van der Waals surface area contributed by atoms with Gasteiger partial charge >= 0.3 is 0 Å². The maximum Gasteiger partial charge on any atom is 0.261 e. The summed E-state index contributed by atoms with van der Waals surface area (Å²) in [7, 11) is 0. The molecule has 1 amide bonds. The highest BCUT2D eigenvalue weighted by Gasteiger charge is 2.37. The van der Waals surface area contributed by atoms with Gasteiger partial charge in [-0.25, -0.2) is 0 Å². The number of ether oxygens (including phenoxy) is 1. The van der Waals surface area contributed by atoms with Crippen LogP contribution in [0.15, 0.2) is 24.3 Å². The molecule has 2 fully saturated rings. The molecular weight excluding hydrogens is 288 g/mol. The molecule has 2 bridgehead atoms. The number of rotatable bonds is 3. The first-order valence-corrected chi connectivity index (χ1v) is 7.45. The van der Waals surface area contributed by atoms with Crippen LogP contribution < -0.4 is 10.1 Å². The maximum atomic E-state index is 12.4. The number of halogens is 1. The number of carbonyl (C=O) groups is 1. The van der Waals surface area contributed by atoms with Crippen LogP contribution in [0.5, 0.6) is 5.75 Å². The van der Waals surface area contributed by atoms with Crippen LogP contribution in [0.1, 0.15) is 24.8 Å². The van der Waals surface area contributed by atoms with Crippen LogP contribution in [0.25, 0.3) is 0 Å². The second kappa shape index (κ2) is 7.14. The van der Waals surface area contributed by atoms with E-state index in [1.54, 1.807) is 0 Å². The van der Waals surface area contributed by atoms with Crippen molar-refractivity contribution in [2.24, 2.45) is 0 Å². The maximum absolute atomic E-state index is 12.4. The topological polar surface area (TPSA) is 41.6 Å². The van der Waals surface area contributed by atoms with Gasteiger partial charge < -0.3 is 15.0 Å². The van der Waals surface area contributed by atoms with Gasteiger partial charge in [0.25, 0.3) is 5.91 Å². The second-order valence-corrected chi connectivity index (χ2v) is 5.78. The highest BCUT2D eigenvalue weighted by Crippen LogP contribution is 2.28. The standard InChI is InChI=1S/C16H22N2O2.ClH/c1-12-2-6-15(7-3-12)20-11-16(19)18-13-4-5-14(18)10-17-9-8-13;/h2-3,6-7,13-14,17H,4-5,8-11H2,1H3;1H. The van der Waals surface area contributed by atoms with Gasteiger partial charge in [-0.15, -0.1) is 12.4 Å². The van der Waals surface area contributed by atoms with E-state index in [9.17, 15) is 4.79 Å². The molecule has 1 aromatic carbocycles. The molecule has 0 saturated carbocycles. The summed E-state index contributed by atoms with van der Waals surface area (Å²) >= 11 is 0. The van der Waals surface area contributed by atoms with Crippen molar-refractivity contribution >= 4 is 18.3 Å². The molecule has 3 rings (SSSR count). The molecule has 2 unspecified atom stereocenters. The molecule has 5 heteroatoms. The highest BCUT2D eigenvalue weighted by atomic mass is 35.5. The van der Waals surface area contributed by atoms with E-state index in [1.165, 1.54) is 5.56 Å². The van der Waals surface area contributed by atoms with E-state index >= 15 is 0 Å². The molecule has 4 nitrogen and oxygen atoms in total. The van der Waals surface area contributed by atoms with Crippen LogP contribution in [-0.2, 0) is 4.79 Å². The minimum Gasteiger partial charge on any atom is -0.484 e. The summed E-state index contributed by atoms with van der Waals surface area (Å²) in [6.45, 7) is 4.13. The molecule has 116 valence electrons. The number of nitrogens with one attached hydrogen (secondary N) is 1. The van der Waals surface area contributed by atoms with Gasteiger partial charge in [0.1, 0.15) is 5.75 Å². The Balaban J connectivity index is 0.00000161. The van der Waals surface area contributed by atoms with E-state index in [4.69, 9.17) is 4.74 Å². The van der Waals surface area contributed by atoms with Gasteiger partial charge in [0.15, 0.2) is 6.61 Å². The summed E-state index contributed by atoms with van der Waals surface area (Å²) < 4.78 is 5.63. The Morgan fingerprint density at radius 1 is 1.24 bits per heavy atom. The monoisotopic (exact) mass is 310 g/mol. The number of hydrogen-bond donors (Lipinski definition) is 1. The summed E-state index contributed by atoms with van der Waals surface area (Å²) in [5.41, 5.74) is 1.19. The van der Waals surface area contributed by atoms with Crippen molar-refractivity contribution in [3.05, 3.63) is 29.8 Å². The summed E-state index contributed by atoms with van der Waals surface area (Å²) in [6, 6.07) is 8.60. The SMILES string of the molecule is Cc1ccc(OCC(=O)N2C3CCNCC2CC3)cc1.Cl. The van der Waals surface area contributed by atoms with E-state index in [0.29, 0.717) is 12.1 Å². The zero-order valence-corrected chi connectivity index (χ0v) is 13.2. The molecule has 2 saturated heterocycles. The Hall–Kier alpha value is -1.26. The summed E-state index contributed by atoms with van der Waals surface area (Å²) in [5, 5.41) is 3.41. The number of aryl methyl sites for hydroxylation is 1. The number of nitrogens with zero attached hydrogens (tertiary/aromatic N) is 1. The third-order valence-electron chi connectivity index (χ3n) is 4.33. The Kier molecular flexibility index (Phi) is 5.48. The normalized spacial score (nSPS) is 24.1. The van der Waals surface area contributed by atoms with E-state index < -0.39 is 0 Å². The fraction of sp³-hybridized carbons (Fsp3) is 0.562. The third-order valence-corrected chi connectivity index (χ3v) is 4.33. The molecule has 0 aliphatic carbocycles. The Labute approximate surface area is 132 Å². The van der Waals surface area contributed by atoms with E-state index in [1.807, 2.05) is 31.2 Å². The number of carbonyl (C=O) groups excluding carboxylic acids is 1. The molecule has 21 heavy (non-hydrogen) atoms. The van der Waals surface area contributed by atoms with Gasteiger partial charge in [0.2, 0.25) is 0 Å². The number of amides is 1.